The number of benzene rings is 4. The first kappa shape index (κ1) is 18.2. The number of hydrogen-bond donors (Lipinski definition) is 1. The molecule has 28 heavy (non-hydrogen) atoms. The van der Waals surface area contributed by atoms with Crippen molar-refractivity contribution in [1.82, 2.24) is 0 Å². The Labute approximate surface area is 166 Å². The third kappa shape index (κ3) is 4.03. The number of rotatable bonds is 5. The quantitative estimate of drug-likeness (QED) is 0.499. The fraction of sp³-hybridized carbons (Fsp3) is 0. The first-order valence-corrected chi connectivity index (χ1v) is 10.5. The summed E-state index contributed by atoms with van der Waals surface area (Å²) in [5.74, 6) is -0.0934. The van der Waals surface area contributed by atoms with Gasteiger partial charge in [0.25, 0.3) is 5.91 Å². The van der Waals surface area contributed by atoms with Gasteiger partial charge in [0, 0.05) is 16.6 Å². The van der Waals surface area contributed by atoms with E-state index in [0.29, 0.717) is 5.56 Å². The summed E-state index contributed by atoms with van der Waals surface area (Å²) in [6.07, 6.45) is 0. The lowest BCUT2D eigenvalue weighted by atomic mass is 10.2. The number of nitrogens with one attached hydrogen (secondary N) is 1. The molecule has 0 bridgehead atoms. The maximum Gasteiger partial charge on any atom is 0.255 e. The Morgan fingerprint density at radius 3 is 1.61 bits per heavy atom. The van der Waals surface area contributed by atoms with Gasteiger partial charge < -0.3 is 5.32 Å². The Hall–Kier alpha value is -3.22. The van der Waals surface area contributed by atoms with E-state index in [1.54, 1.807) is 0 Å². The molecule has 4 rings (SSSR count). The molecule has 0 aliphatic heterocycles. The first-order valence-electron chi connectivity index (χ1n) is 9.18. The van der Waals surface area contributed by atoms with Crippen LogP contribution in [-0.2, 0) is 0 Å². The van der Waals surface area contributed by atoms with Gasteiger partial charge in [-0.1, -0.05) is 97.1 Å². The molecule has 0 unspecified atom stereocenters. The summed E-state index contributed by atoms with van der Waals surface area (Å²) in [4.78, 5) is 12.8. The molecule has 3 heteroatoms. The molecule has 1 N–H and O–H groups in total. The van der Waals surface area contributed by atoms with Crippen molar-refractivity contribution in [3.63, 3.8) is 0 Å². The van der Waals surface area contributed by atoms with Crippen molar-refractivity contribution in [2.24, 2.45) is 0 Å². The van der Waals surface area contributed by atoms with Crippen molar-refractivity contribution in [2.45, 2.75) is 0 Å². The Morgan fingerprint density at radius 2 is 1.04 bits per heavy atom. The van der Waals surface area contributed by atoms with Crippen LogP contribution >= 0.6 is 7.92 Å². The predicted molar refractivity (Wildman–Crippen MR) is 120 cm³/mol. The summed E-state index contributed by atoms with van der Waals surface area (Å²) in [6, 6.07) is 38.4. The lowest BCUT2D eigenvalue weighted by molar-refractivity contribution is 0.102. The van der Waals surface area contributed by atoms with E-state index < -0.39 is 7.92 Å². The van der Waals surface area contributed by atoms with Gasteiger partial charge in [-0.15, -0.1) is 0 Å². The van der Waals surface area contributed by atoms with Crippen molar-refractivity contribution < 1.29 is 4.79 Å². The molecular formula is C25H20NOP. The second kappa shape index (κ2) is 8.65. The van der Waals surface area contributed by atoms with Gasteiger partial charge in [-0.25, -0.2) is 0 Å². The molecule has 0 fully saturated rings. The molecule has 136 valence electrons. The molecule has 1 amide bonds. The molecule has 0 spiro atoms. The zero-order valence-corrected chi connectivity index (χ0v) is 16.2. The normalized spacial score (nSPS) is 10.6. The lowest BCUT2D eigenvalue weighted by Gasteiger charge is -2.22. The zero-order chi connectivity index (χ0) is 19.2. The molecule has 0 aliphatic rings. The third-order valence-corrected chi connectivity index (χ3v) is 6.96. The van der Waals surface area contributed by atoms with E-state index >= 15 is 0 Å². The zero-order valence-electron chi connectivity index (χ0n) is 15.3. The van der Waals surface area contributed by atoms with Gasteiger partial charge in [0.05, 0.1) is 0 Å². The maximum atomic E-state index is 12.8. The molecule has 4 aromatic rings. The highest BCUT2D eigenvalue weighted by Gasteiger charge is 2.20. The van der Waals surface area contributed by atoms with Gasteiger partial charge in [-0.3, -0.25) is 4.79 Å². The molecule has 0 heterocycles. The largest absolute Gasteiger partial charge is 0.321 e. The van der Waals surface area contributed by atoms with E-state index in [0.717, 1.165) is 11.0 Å². The van der Waals surface area contributed by atoms with Gasteiger partial charge in [-0.05, 0) is 36.7 Å². The topological polar surface area (TPSA) is 29.1 Å². The van der Waals surface area contributed by atoms with Crippen molar-refractivity contribution in [2.75, 3.05) is 5.32 Å². The fourth-order valence-corrected chi connectivity index (χ4v) is 5.54. The minimum atomic E-state index is -0.781. The molecule has 0 aromatic heterocycles. The number of hydrogen-bond acceptors (Lipinski definition) is 1. The van der Waals surface area contributed by atoms with Gasteiger partial charge >= 0.3 is 0 Å². The number of amides is 1. The molecule has 2 nitrogen and oxygen atoms in total. The highest BCUT2D eigenvalue weighted by atomic mass is 31.1. The summed E-state index contributed by atoms with van der Waals surface area (Å²) >= 11 is 0. The standard InChI is InChI=1S/C25H20NOP/c27-25(20-12-4-1-5-13-20)26-23-18-10-11-19-24(23)28(21-14-6-2-7-15-21)22-16-8-3-9-17-22/h1-19H,(H,26,27). The summed E-state index contributed by atoms with van der Waals surface area (Å²) < 4.78 is 0. The number of carbonyl (C=O) groups is 1. The molecule has 0 aliphatic carbocycles. The van der Waals surface area contributed by atoms with Crippen LogP contribution in [0.1, 0.15) is 10.4 Å². The number of carbonyl (C=O) groups excluding carboxylic acids is 1. The van der Waals surface area contributed by atoms with Crippen LogP contribution in [0.2, 0.25) is 0 Å². The van der Waals surface area contributed by atoms with Crippen molar-refractivity contribution in [3.8, 4) is 0 Å². The second-order valence-corrected chi connectivity index (χ2v) is 8.53. The van der Waals surface area contributed by atoms with Gasteiger partial charge in [0.2, 0.25) is 0 Å². The average Bonchev–Trinajstić information content (AvgIpc) is 2.77. The van der Waals surface area contributed by atoms with E-state index in [1.807, 2.05) is 60.7 Å². The van der Waals surface area contributed by atoms with Crippen LogP contribution in [0.4, 0.5) is 5.69 Å². The smallest absolute Gasteiger partial charge is 0.255 e. The Morgan fingerprint density at radius 1 is 0.571 bits per heavy atom. The molecule has 0 saturated heterocycles. The monoisotopic (exact) mass is 381 g/mol. The van der Waals surface area contributed by atoms with Crippen LogP contribution in [0.3, 0.4) is 0 Å². The second-order valence-electron chi connectivity index (χ2n) is 6.34. The molecular weight excluding hydrogens is 361 g/mol. The van der Waals surface area contributed by atoms with Crippen molar-refractivity contribution >= 4 is 35.4 Å². The van der Waals surface area contributed by atoms with Crippen LogP contribution in [0.15, 0.2) is 115 Å². The van der Waals surface area contributed by atoms with E-state index in [4.69, 9.17) is 0 Å². The minimum Gasteiger partial charge on any atom is -0.321 e. The average molecular weight is 381 g/mol. The van der Waals surface area contributed by atoms with E-state index in [9.17, 15) is 4.79 Å². The molecule has 0 radical (unpaired) electrons. The minimum absolute atomic E-state index is 0.0934. The summed E-state index contributed by atoms with van der Waals surface area (Å²) in [5.41, 5.74) is 1.51. The van der Waals surface area contributed by atoms with Crippen LogP contribution in [0, 0.1) is 0 Å². The molecule has 4 aromatic carbocycles. The van der Waals surface area contributed by atoms with E-state index in [1.165, 1.54) is 10.6 Å². The summed E-state index contributed by atoms with van der Waals surface area (Å²) in [5, 5.41) is 6.77. The highest BCUT2D eigenvalue weighted by Crippen LogP contribution is 2.35. The Kier molecular flexibility index (Phi) is 5.61. The molecule has 0 atom stereocenters. The van der Waals surface area contributed by atoms with E-state index in [2.05, 4.69) is 59.9 Å². The SMILES string of the molecule is O=C(Nc1ccccc1P(c1ccccc1)c1ccccc1)c1ccccc1. The highest BCUT2D eigenvalue weighted by molar-refractivity contribution is 7.80. The molecule has 0 saturated carbocycles. The third-order valence-electron chi connectivity index (χ3n) is 4.46. The van der Waals surface area contributed by atoms with Crippen LogP contribution < -0.4 is 21.2 Å². The summed E-state index contributed by atoms with van der Waals surface area (Å²) in [6.45, 7) is 0. The first-order chi connectivity index (χ1) is 13.8. The van der Waals surface area contributed by atoms with Crippen LogP contribution in [-0.4, -0.2) is 5.91 Å². The Balaban J connectivity index is 1.77. The van der Waals surface area contributed by atoms with Crippen LogP contribution in [0.5, 0.6) is 0 Å². The van der Waals surface area contributed by atoms with Gasteiger partial charge in [0.1, 0.15) is 0 Å². The predicted octanol–water partition coefficient (Wildman–Crippen LogP) is 4.70. The van der Waals surface area contributed by atoms with E-state index in [-0.39, 0.29) is 5.91 Å². The fourth-order valence-electron chi connectivity index (χ4n) is 3.14. The van der Waals surface area contributed by atoms with Crippen LogP contribution in [0.25, 0.3) is 0 Å². The number of para-hydroxylation sites is 1. The lowest BCUT2D eigenvalue weighted by Crippen LogP contribution is -2.25. The van der Waals surface area contributed by atoms with Gasteiger partial charge in [0.15, 0.2) is 0 Å². The van der Waals surface area contributed by atoms with Crippen molar-refractivity contribution in [1.29, 1.82) is 0 Å². The number of anilines is 1. The van der Waals surface area contributed by atoms with Gasteiger partial charge in [-0.2, -0.15) is 0 Å². The summed E-state index contributed by atoms with van der Waals surface area (Å²) in [7, 11) is -0.781. The van der Waals surface area contributed by atoms with Crippen molar-refractivity contribution in [3.05, 3.63) is 121 Å². The Bertz CT molecular complexity index is 1010. The maximum absolute atomic E-state index is 12.8.